The average Bonchev–Trinajstić information content (AvgIpc) is 3.07. The van der Waals surface area contributed by atoms with E-state index in [1.165, 1.54) is 76.8 Å². The zero-order chi connectivity index (χ0) is 13.4. The molecule has 2 saturated heterocycles. The molecule has 0 bridgehead atoms. The molecule has 2 nitrogen and oxygen atoms in total. The van der Waals surface area contributed by atoms with Crippen molar-refractivity contribution in [3.63, 3.8) is 0 Å². The summed E-state index contributed by atoms with van der Waals surface area (Å²) >= 11 is 0. The van der Waals surface area contributed by atoms with Gasteiger partial charge in [0.25, 0.3) is 0 Å². The third kappa shape index (κ3) is 3.13. The number of hydrogen-bond acceptors (Lipinski definition) is 2. The molecule has 2 fully saturated rings. The van der Waals surface area contributed by atoms with Crippen LogP contribution in [0.1, 0.15) is 42.4 Å². The minimum atomic E-state index is 0. The second kappa shape index (κ2) is 6.28. The minimum absolute atomic E-state index is 0. The lowest BCUT2D eigenvalue weighted by Gasteiger charge is -2.34. The van der Waals surface area contributed by atoms with Gasteiger partial charge in [0.05, 0.1) is 0 Å². The Bertz CT molecular complexity index is 494. The monoisotopic (exact) mass is 306 g/mol. The molecule has 0 amide bonds. The average molecular weight is 307 g/mol. The summed E-state index contributed by atoms with van der Waals surface area (Å²) in [5.41, 5.74) is 5.40. The molecule has 1 aromatic carbocycles. The van der Waals surface area contributed by atoms with Gasteiger partial charge < -0.3 is 5.32 Å². The second-order valence-electron chi connectivity index (χ2n) is 7.17. The highest BCUT2D eigenvalue weighted by atomic mass is 35.5. The lowest BCUT2D eigenvalue weighted by molar-refractivity contribution is 0.194. The Morgan fingerprint density at radius 1 is 1.05 bits per heavy atom. The quantitative estimate of drug-likeness (QED) is 0.903. The summed E-state index contributed by atoms with van der Waals surface area (Å²) in [7, 11) is 0. The standard InChI is InChI=1S/C18H26N2.ClH/c1-2-16-5-4-15(12-17(16)3-1)13-20-11-8-18(14-20)6-9-19-10-7-18;/h4-5,12,19H,1-3,6-11,13-14H2;1H. The summed E-state index contributed by atoms with van der Waals surface area (Å²) < 4.78 is 0. The largest absolute Gasteiger partial charge is 0.317 e. The molecule has 1 aromatic rings. The van der Waals surface area contributed by atoms with Crippen LogP contribution in [0.4, 0.5) is 0 Å². The summed E-state index contributed by atoms with van der Waals surface area (Å²) in [6.45, 7) is 6.25. The molecule has 0 saturated carbocycles. The maximum Gasteiger partial charge on any atom is 0.0234 e. The molecular weight excluding hydrogens is 280 g/mol. The molecule has 4 rings (SSSR count). The molecule has 0 unspecified atom stereocenters. The first-order valence-corrected chi connectivity index (χ1v) is 8.37. The number of rotatable bonds is 2. The van der Waals surface area contributed by atoms with Crippen molar-refractivity contribution in [2.75, 3.05) is 26.2 Å². The van der Waals surface area contributed by atoms with Gasteiger partial charge in [-0.3, -0.25) is 4.90 Å². The third-order valence-electron chi connectivity index (χ3n) is 5.75. The van der Waals surface area contributed by atoms with Crippen LogP contribution in [0.25, 0.3) is 0 Å². The van der Waals surface area contributed by atoms with Gasteiger partial charge in [-0.2, -0.15) is 0 Å². The van der Waals surface area contributed by atoms with Crippen LogP contribution >= 0.6 is 12.4 Å². The first-order chi connectivity index (χ1) is 9.83. The number of aryl methyl sites for hydroxylation is 2. The smallest absolute Gasteiger partial charge is 0.0234 e. The van der Waals surface area contributed by atoms with Crippen molar-refractivity contribution >= 4 is 12.4 Å². The minimum Gasteiger partial charge on any atom is -0.317 e. The van der Waals surface area contributed by atoms with Crippen LogP contribution in [0, 0.1) is 5.41 Å². The fraction of sp³-hybridized carbons (Fsp3) is 0.667. The molecule has 116 valence electrons. The van der Waals surface area contributed by atoms with E-state index in [0.717, 1.165) is 0 Å². The van der Waals surface area contributed by atoms with Crippen molar-refractivity contribution in [2.45, 2.75) is 45.1 Å². The molecule has 1 spiro atoms. The second-order valence-corrected chi connectivity index (χ2v) is 7.17. The van der Waals surface area contributed by atoms with Crippen LogP contribution in [0.15, 0.2) is 18.2 Å². The summed E-state index contributed by atoms with van der Waals surface area (Å²) in [6, 6.07) is 7.24. The highest BCUT2D eigenvalue weighted by Crippen LogP contribution is 2.39. The lowest BCUT2D eigenvalue weighted by Crippen LogP contribution is -2.38. The fourth-order valence-electron chi connectivity index (χ4n) is 4.51. The van der Waals surface area contributed by atoms with Crippen molar-refractivity contribution in [1.82, 2.24) is 10.2 Å². The molecule has 21 heavy (non-hydrogen) atoms. The van der Waals surface area contributed by atoms with E-state index in [-0.39, 0.29) is 12.4 Å². The van der Waals surface area contributed by atoms with E-state index < -0.39 is 0 Å². The van der Waals surface area contributed by atoms with Gasteiger partial charge in [-0.1, -0.05) is 18.2 Å². The van der Waals surface area contributed by atoms with Gasteiger partial charge in [-0.25, -0.2) is 0 Å². The van der Waals surface area contributed by atoms with Gasteiger partial charge in [-0.05, 0) is 80.3 Å². The molecule has 0 aromatic heterocycles. The molecular formula is C18H27ClN2. The van der Waals surface area contributed by atoms with Gasteiger partial charge in [0.2, 0.25) is 0 Å². The SMILES string of the molecule is Cl.c1cc2c(cc1CN1CCC3(CCNCC3)C1)CCC2. The van der Waals surface area contributed by atoms with Crippen LogP contribution in [-0.4, -0.2) is 31.1 Å². The molecule has 1 aliphatic carbocycles. The van der Waals surface area contributed by atoms with E-state index in [1.54, 1.807) is 11.1 Å². The van der Waals surface area contributed by atoms with Gasteiger partial charge in [0, 0.05) is 13.1 Å². The molecule has 3 heteroatoms. The molecule has 0 atom stereocenters. The fourth-order valence-corrected chi connectivity index (χ4v) is 4.51. The van der Waals surface area contributed by atoms with Crippen LogP contribution in [0.2, 0.25) is 0 Å². The lowest BCUT2D eigenvalue weighted by atomic mass is 9.78. The van der Waals surface area contributed by atoms with Crippen molar-refractivity contribution in [1.29, 1.82) is 0 Å². The summed E-state index contributed by atoms with van der Waals surface area (Å²) in [5.74, 6) is 0. The Labute approximate surface area is 134 Å². The van der Waals surface area contributed by atoms with Crippen molar-refractivity contribution in [2.24, 2.45) is 5.41 Å². The number of nitrogens with one attached hydrogen (secondary N) is 1. The van der Waals surface area contributed by atoms with Gasteiger partial charge in [0.1, 0.15) is 0 Å². The number of fused-ring (bicyclic) bond motifs is 1. The molecule has 3 aliphatic rings. The van der Waals surface area contributed by atoms with E-state index in [1.807, 2.05) is 0 Å². The normalized spacial score (nSPS) is 24.0. The third-order valence-corrected chi connectivity index (χ3v) is 5.75. The maximum atomic E-state index is 3.51. The Morgan fingerprint density at radius 3 is 2.71 bits per heavy atom. The van der Waals surface area contributed by atoms with E-state index in [4.69, 9.17) is 0 Å². The topological polar surface area (TPSA) is 15.3 Å². The van der Waals surface area contributed by atoms with E-state index in [2.05, 4.69) is 28.4 Å². The predicted molar refractivity (Wildman–Crippen MR) is 90.1 cm³/mol. The van der Waals surface area contributed by atoms with E-state index >= 15 is 0 Å². The number of halogens is 1. The van der Waals surface area contributed by atoms with E-state index in [9.17, 15) is 0 Å². The predicted octanol–water partition coefficient (Wildman–Crippen LogP) is 3.17. The number of piperidine rings is 1. The first kappa shape index (κ1) is 15.3. The van der Waals surface area contributed by atoms with Gasteiger partial charge in [-0.15, -0.1) is 12.4 Å². The molecule has 1 N–H and O–H groups in total. The zero-order valence-electron chi connectivity index (χ0n) is 12.9. The van der Waals surface area contributed by atoms with Crippen LogP contribution < -0.4 is 5.32 Å². The van der Waals surface area contributed by atoms with Crippen molar-refractivity contribution < 1.29 is 0 Å². The summed E-state index contributed by atoms with van der Waals surface area (Å²) in [6.07, 6.45) is 8.15. The first-order valence-electron chi connectivity index (χ1n) is 8.37. The Kier molecular flexibility index (Phi) is 4.58. The zero-order valence-corrected chi connectivity index (χ0v) is 13.7. The highest BCUT2D eigenvalue weighted by molar-refractivity contribution is 5.85. The summed E-state index contributed by atoms with van der Waals surface area (Å²) in [4.78, 5) is 2.70. The number of benzene rings is 1. The number of hydrogen-bond donors (Lipinski definition) is 1. The summed E-state index contributed by atoms with van der Waals surface area (Å²) in [5, 5.41) is 3.51. The van der Waals surface area contributed by atoms with Gasteiger partial charge >= 0.3 is 0 Å². The molecule has 2 aliphatic heterocycles. The highest BCUT2D eigenvalue weighted by Gasteiger charge is 2.38. The maximum absolute atomic E-state index is 3.51. The van der Waals surface area contributed by atoms with Gasteiger partial charge in [0.15, 0.2) is 0 Å². The van der Waals surface area contributed by atoms with Crippen molar-refractivity contribution in [3.8, 4) is 0 Å². The van der Waals surface area contributed by atoms with Crippen LogP contribution in [0.5, 0.6) is 0 Å². The van der Waals surface area contributed by atoms with Crippen molar-refractivity contribution in [3.05, 3.63) is 34.9 Å². The number of likely N-dealkylation sites (tertiary alicyclic amines) is 1. The van der Waals surface area contributed by atoms with Crippen LogP contribution in [-0.2, 0) is 19.4 Å². The Balaban J connectivity index is 0.00000132. The Hall–Kier alpha value is -0.570. The molecule has 0 radical (unpaired) electrons. The number of nitrogens with zero attached hydrogens (tertiary/aromatic N) is 1. The molecule has 2 heterocycles. The Morgan fingerprint density at radius 2 is 1.86 bits per heavy atom. The van der Waals surface area contributed by atoms with E-state index in [0.29, 0.717) is 5.41 Å². The van der Waals surface area contributed by atoms with Crippen LogP contribution in [0.3, 0.4) is 0 Å².